The van der Waals surface area contributed by atoms with Gasteiger partial charge in [0.1, 0.15) is 11.9 Å². The van der Waals surface area contributed by atoms with Crippen molar-refractivity contribution in [3.05, 3.63) is 24.9 Å². The molecule has 0 amide bonds. The number of aliphatic imine (C=N–C) groups is 1. The van der Waals surface area contributed by atoms with E-state index in [1.807, 2.05) is 0 Å². The molecule has 1 saturated heterocycles. The summed E-state index contributed by atoms with van der Waals surface area (Å²) in [7, 11) is 0. The summed E-state index contributed by atoms with van der Waals surface area (Å²) in [6.45, 7) is 4.59. The number of nitrogens with zero attached hydrogens (tertiary/aromatic N) is 2. The maximum atomic E-state index is 14.6. The molecule has 7 nitrogen and oxygen atoms in total. The van der Waals surface area contributed by atoms with Crippen molar-refractivity contribution >= 4 is 5.84 Å². The largest absolute Gasteiger partial charge is 0.394 e. The van der Waals surface area contributed by atoms with Gasteiger partial charge in [-0.15, -0.1) is 6.58 Å². The summed E-state index contributed by atoms with van der Waals surface area (Å²) in [6.07, 6.45) is -2.93. The second-order valence-electron chi connectivity index (χ2n) is 5.97. The molecule has 0 saturated carbocycles. The smallest absolute Gasteiger partial charge is 0.319 e. The Morgan fingerprint density at radius 3 is 2.83 bits per heavy atom. The molecule has 0 spiro atoms. The Balaban J connectivity index is 2.32. The third-order valence-corrected chi connectivity index (χ3v) is 4.28. The molecule has 0 aromatic heterocycles. The average molecular weight is 347 g/mol. The number of rotatable bonds is 5. The van der Waals surface area contributed by atoms with Crippen LogP contribution in [0.15, 0.2) is 29.9 Å². The molecule has 0 aromatic carbocycles. The van der Waals surface area contributed by atoms with Gasteiger partial charge in [0, 0.05) is 6.20 Å². The van der Waals surface area contributed by atoms with E-state index in [9.17, 15) is 24.1 Å². The van der Waals surface area contributed by atoms with E-state index in [-0.39, 0.29) is 12.3 Å². The van der Waals surface area contributed by atoms with Crippen molar-refractivity contribution in [1.82, 2.24) is 4.90 Å². The minimum atomic E-state index is -3.66. The molecular formula is C15H23F2N3O4. The lowest BCUT2D eigenvalue weighted by Gasteiger charge is -2.37. The van der Waals surface area contributed by atoms with E-state index in [1.54, 1.807) is 6.92 Å². The highest BCUT2D eigenvalue weighted by Gasteiger charge is 2.62. The van der Waals surface area contributed by atoms with Crippen LogP contribution in [-0.4, -0.2) is 75.2 Å². The fourth-order valence-electron chi connectivity index (χ4n) is 2.94. The molecule has 24 heavy (non-hydrogen) atoms. The Labute approximate surface area is 138 Å². The highest BCUT2D eigenvalue weighted by Crippen LogP contribution is 2.41. The summed E-state index contributed by atoms with van der Waals surface area (Å²) < 4.78 is 34.4. The van der Waals surface area contributed by atoms with Crippen LogP contribution in [0.2, 0.25) is 0 Å². The summed E-state index contributed by atoms with van der Waals surface area (Å²) in [5, 5.41) is 29.4. The van der Waals surface area contributed by atoms with E-state index in [0.717, 1.165) is 4.90 Å². The van der Waals surface area contributed by atoms with Gasteiger partial charge in [-0.05, 0) is 19.4 Å². The number of hydrogen-bond acceptors (Lipinski definition) is 7. The Hall–Kier alpha value is -1.55. The van der Waals surface area contributed by atoms with Crippen LogP contribution in [0.5, 0.6) is 0 Å². The predicted octanol–water partition coefficient (Wildman–Crippen LogP) is -0.420. The molecule has 0 bridgehead atoms. The number of halogens is 2. The van der Waals surface area contributed by atoms with E-state index in [4.69, 9.17) is 10.5 Å². The summed E-state index contributed by atoms with van der Waals surface area (Å²) in [6, 6.07) is -1.39. The van der Waals surface area contributed by atoms with Gasteiger partial charge < -0.3 is 30.7 Å². The zero-order chi connectivity index (χ0) is 18.1. The van der Waals surface area contributed by atoms with Crippen LogP contribution in [-0.2, 0) is 4.74 Å². The predicted molar refractivity (Wildman–Crippen MR) is 83.4 cm³/mol. The van der Waals surface area contributed by atoms with Gasteiger partial charge >= 0.3 is 5.92 Å². The minimum Gasteiger partial charge on any atom is -0.394 e. The van der Waals surface area contributed by atoms with E-state index >= 15 is 0 Å². The first kappa shape index (κ1) is 18.8. The molecule has 6 atom stereocenters. The molecule has 0 aromatic rings. The van der Waals surface area contributed by atoms with E-state index < -0.39 is 49.2 Å². The lowest BCUT2D eigenvalue weighted by Crippen LogP contribution is -2.54. The monoisotopic (exact) mass is 347 g/mol. The molecule has 5 N–H and O–H groups in total. The molecule has 0 radical (unpaired) electrons. The maximum Gasteiger partial charge on any atom is 0.319 e. The number of nitrogens with two attached hydrogens (primary N) is 1. The average Bonchev–Trinajstić information content (AvgIpc) is 2.65. The molecule has 136 valence electrons. The SMILES string of the molecule is C=CCC(O)C1OC(N2C=CC(N)=NC(C)C2CO)C(F)(F)C1O. The third-order valence-electron chi connectivity index (χ3n) is 4.28. The van der Waals surface area contributed by atoms with E-state index in [0.29, 0.717) is 0 Å². The Morgan fingerprint density at radius 1 is 1.58 bits per heavy atom. The Morgan fingerprint density at radius 2 is 2.25 bits per heavy atom. The van der Waals surface area contributed by atoms with Crippen LogP contribution in [0.3, 0.4) is 0 Å². The first-order valence-corrected chi connectivity index (χ1v) is 7.64. The number of aliphatic hydroxyl groups is 3. The van der Waals surface area contributed by atoms with Crippen molar-refractivity contribution in [2.24, 2.45) is 10.7 Å². The number of ether oxygens (including phenoxy) is 1. The number of hydrogen-bond donors (Lipinski definition) is 4. The van der Waals surface area contributed by atoms with Gasteiger partial charge in [0.2, 0.25) is 0 Å². The van der Waals surface area contributed by atoms with Crippen molar-refractivity contribution in [2.45, 2.75) is 55.9 Å². The number of alkyl halides is 2. The summed E-state index contributed by atoms with van der Waals surface area (Å²) in [5.41, 5.74) is 5.64. The first-order chi connectivity index (χ1) is 11.2. The van der Waals surface area contributed by atoms with Crippen molar-refractivity contribution in [3.8, 4) is 0 Å². The van der Waals surface area contributed by atoms with Gasteiger partial charge in [-0.2, -0.15) is 8.78 Å². The summed E-state index contributed by atoms with van der Waals surface area (Å²) in [4.78, 5) is 5.18. The number of amidine groups is 1. The molecule has 2 rings (SSSR count). The topological polar surface area (TPSA) is 112 Å². The second kappa shape index (κ2) is 7.14. The maximum absolute atomic E-state index is 14.6. The zero-order valence-corrected chi connectivity index (χ0v) is 13.3. The van der Waals surface area contributed by atoms with E-state index in [1.165, 1.54) is 18.4 Å². The van der Waals surface area contributed by atoms with Crippen LogP contribution < -0.4 is 5.73 Å². The van der Waals surface area contributed by atoms with Crippen LogP contribution in [0.4, 0.5) is 8.78 Å². The van der Waals surface area contributed by atoms with Crippen molar-refractivity contribution in [1.29, 1.82) is 0 Å². The lowest BCUT2D eigenvalue weighted by atomic mass is 10.0. The van der Waals surface area contributed by atoms with Crippen LogP contribution in [0, 0.1) is 0 Å². The highest BCUT2D eigenvalue weighted by molar-refractivity contribution is 5.91. The molecule has 2 aliphatic heterocycles. The van der Waals surface area contributed by atoms with Gasteiger partial charge in [-0.3, -0.25) is 4.99 Å². The molecule has 9 heteroatoms. The second-order valence-corrected chi connectivity index (χ2v) is 5.97. The molecule has 2 heterocycles. The van der Waals surface area contributed by atoms with Crippen LogP contribution in [0.1, 0.15) is 13.3 Å². The molecule has 0 aliphatic carbocycles. The van der Waals surface area contributed by atoms with Crippen molar-refractivity contribution < 1.29 is 28.8 Å². The van der Waals surface area contributed by atoms with Gasteiger partial charge in [-0.25, -0.2) is 0 Å². The lowest BCUT2D eigenvalue weighted by molar-refractivity contribution is -0.169. The van der Waals surface area contributed by atoms with Crippen LogP contribution >= 0.6 is 0 Å². The fraction of sp³-hybridized carbons (Fsp3) is 0.667. The zero-order valence-electron chi connectivity index (χ0n) is 13.3. The van der Waals surface area contributed by atoms with Gasteiger partial charge in [-0.1, -0.05) is 6.08 Å². The van der Waals surface area contributed by atoms with Gasteiger partial charge in [0.25, 0.3) is 0 Å². The summed E-state index contributed by atoms with van der Waals surface area (Å²) >= 11 is 0. The van der Waals surface area contributed by atoms with E-state index in [2.05, 4.69) is 11.6 Å². The minimum absolute atomic E-state index is 0.00371. The first-order valence-electron chi connectivity index (χ1n) is 7.64. The standard InChI is InChI=1S/C15H23F2N3O4/c1-3-4-10(22)12-13(23)15(16,17)14(24-12)20-6-5-11(18)19-8(2)9(20)7-21/h3,5-6,8-10,12-14,21-23H,1,4,7H2,2H3,(H2,18,19). The number of aliphatic hydroxyl groups excluding tert-OH is 3. The molecular weight excluding hydrogens is 324 g/mol. The fourth-order valence-corrected chi connectivity index (χ4v) is 2.94. The molecule has 2 aliphatic rings. The van der Waals surface area contributed by atoms with Crippen molar-refractivity contribution in [2.75, 3.05) is 6.61 Å². The molecule has 1 fully saturated rings. The third kappa shape index (κ3) is 3.30. The summed E-state index contributed by atoms with van der Waals surface area (Å²) in [5.74, 6) is -3.53. The molecule has 6 unspecified atom stereocenters. The van der Waals surface area contributed by atoms with Gasteiger partial charge in [0.05, 0.1) is 24.8 Å². The Kier molecular flexibility index (Phi) is 5.59. The van der Waals surface area contributed by atoms with Crippen molar-refractivity contribution in [3.63, 3.8) is 0 Å². The van der Waals surface area contributed by atoms with Gasteiger partial charge in [0.15, 0.2) is 12.3 Å². The Bertz CT molecular complexity index is 529. The normalized spacial score (nSPS) is 37.0. The highest BCUT2D eigenvalue weighted by atomic mass is 19.3. The quantitative estimate of drug-likeness (QED) is 0.503. The van der Waals surface area contributed by atoms with Crippen LogP contribution in [0.25, 0.3) is 0 Å².